The van der Waals surface area contributed by atoms with E-state index in [1.54, 1.807) is 0 Å². The molecule has 0 aliphatic heterocycles. The Kier molecular flexibility index (Phi) is 8.28. The van der Waals surface area contributed by atoms with Crippen LogP contribution in [0.4, 0.5) is 0 Å². The van der Waals surface area contributed by atoms with Gasteiger partial charge in [-0.05, 0) is 13.8 Å². The van der Waals surface area contributed by atoms with Crippen LogP contribution >= 0.6 is 20.0 Å². The van der Waals surface area contributed by atoms with Gasteiger partial charge in [-0.15, -0.1) is 12.4 Å². The van der Waals surface area contributed by atoms with Gasteiger partial charge >= 0.3 is 7.60 Å². The van der Waals surface area contributed by atoms with Gasteiger partial charge in [0.25, 0.3) is 0 Å². The van der Waals surface area contributed by atoms with Crippen LogP contribution < -0.4 is 11.1 Å². The van der Waals surface area contributed by atoms with Crippen LogP contribution in [0, 0.1) is 0 Å². The summed E-state index contributed by atoms with van der Waals surface area (Å²) in [6.07, 6.45) is 0. The third-order valence-electron chi connectivity index (χ3n) is 1.75. The van der Waals surface area contributed by atoms with Crippen molar-refractivity contribution < 1.29 is 18.4 Å². The van der Waals surface area contributed by atoms with Crippen LogP contribution in [-0.2, 0) is 18.4 Å². The Morgan fingerprint density at radius 3 is 2.00 bits per heavy atom. The highest BCUT2D eigenvalue weighted by Crippen LogP contribution is 2.50. The van der Waals surface area contributed by atoms with E-state index in [4.69, 9.17) is 14.8 Å². The van der Waals surface area contributed by atoms with E-state index in [-0.39, 0.29) is 12.4 Å². The van der Waals surface area contributed by atoms with Gasteiger partial charge in [-0.2, -0.15) is 0 Å². The molecule has 0 rings (SSSR count). The topological polar surface area (TPSA) is 90.6 Å². The maximum atomic E-state index is 11.7. The Labute approximate surface area is 95.8 Å². The molecule has 0 saturated heterocycles. The normalized spacial score (nSPS) is 15.0. The first-order valence-electron chi connectivity index (χ1n) is 4.14. The molecule has 0 spiro atoms. The molecule has 3 N–H and O–H groups in total. The minimum atomic E-state index is -3.25. The Hall–Kier alpha value is -0.130. The second-order valence-corrected chi connectivity index (χ2v) is 5.46. The van der Waals surface area contributed by atoms with Gasteiger partial charge in [-0.1, -0.05) is 0 Å². The highest BCUT2D eigenvalue weighted by Gasteiger charge is 2.31. The van der Waals surface area contributed by atoms with E-state index in [1.165, 1.54) is 28.1 Å². The van der Waals surface area contributed by atoms with Crippen LogP contribution in [0.2, 0.25) is 0 Å². The number of hydrogen-bond donors (Lipinski definition) is 2. The molecule has 0 aromatic heterocycles. The fraction of sp³-hybridized carbons (Fsp3) is 0.857. The van der Waals surface area contributed by atoms with Gasteiger partial charge < -0.3 is 20.1 Å². The highest BCUT2D eigenvalue weighted by atomic mass is 35.5. The number of carbonyl (C=O) groups is 1. The number of nitrogens with two attached hydrogens (primary N) is 1. The monoisotopic (exact) mass is 260 g/mol. The molecule has 0 aliphatic rings. The predicted octanol–water partition coefficient (Wildman–Crippen LogP) is 0.703. The van der Waals surface area contributed by atoms with Crippen molar-refractivity contribution in [3.05, 3.63) is 0 Å². The summed E-state index contributed by atoms with van der Waals surface area (Å²) < 4.78 is 21.1. The third-order valence-corrected chi connectivity index (χ3v) is 3.84. The average molecular weight is 261 g/mol. The zero-order valence-electron chi connectivity index (χ0n) is 9.22. The van der Waals surface area contributed by atoms with Gasteiger partial charge in [-0.25, -0.2) is 0 Å². The summed E-state index contributed by atoms with van der Waals surface area (Å²) in [5.74, 6) is -1.11. The first-order valence-corrected chi connectivity index (χ1v) is 5.75. The van der Waals surface area contributed by atoms with Crippen molar-refractivity contribution in [2.24, 2.45) is 5.73 Å². The van der Waals surface area contributed by atoms with E-state index in [0.717, 1.165) is 0 Å². The van der Waals surface area contributed by atoms with Gasteiger partial charge in [0.2, 0.25) is 5.91 Å². The molecule has 1 amide bonds. The van der Waals surface area contributed by atoms with Crippen LogP contribution in [0.1, 0.15) is 13.8 Å². The molecule has 0 fully saturated rings. The van der Waals surface area contributed by atoms with Gasteiger partial charge in [0.15, 0.2) is 0 Å². The van der Waals surface area contributed by atoms with Crippen molar-refractivity contribution in [3.63, 3.8) is 0 Å². The Morgan fingerprint density at radius 1 is 1.33 bits per heavy atom. The SMILES string of the molecule is COP(=O)(OC)[C@H](C)NC(=O)[C@H](C)N.Cl. The van der Waals surface area contributed by atoms with Crippen molar-refractivity contribution in [3.8, 4) is 0 Å². The quantitative estimate of drug-likeness (QED) is 0.710. The molecule has 0 bridgehead atoms. The van der Waals surface area contributed by atoms with Crippen LogP contribution in [0.15, 0.2) is 0 Å². The molecule has 15 heavy (non-hydrogen) atoms. The number of hydrogen-bond acceptors (Lipinski definition) is 5. The second kappa shape index (κ2) is 7.19. The predicted molar refractivity (Wildman–Crippen MR) is 60.1 cm³/mol. The lowest BCUT2D eigenvalue weighted by molar-refractivity contribution is -0.122. The zero-order valence-corrected chi connectivity index (χ0v) is 10.9. The molecule has 92 valence electrons. The number of carbonyl (C=O) groups excluding carboxylic acids is 1. The third kappa shape index (κ3) is 4.95. The molecule has 0 heterocycles. The largest absolute Gasteiger partial charge is 0.351 e. The van der Waals surface area contributed by atoms with Gasteiger partial charge in [0.1, 0.15) is 5.78 Å². The minimum absolute atomic E-state index is 0. The molecule has 8 heteroatoms. The van der Waals surface area contributed by atoms with E-state index in [2.05, 4.69) is 5.32 Å². The first kappa shape index (κ1) is 17.3. The summed E-state index contributed by atoms with van der Waals surface area (Å²) in [7, 11) is -0.728. The van der Waals surface area contributed by atoms with E-state index < -0.39 is 25.3 Å². The number of rotatable bonds is 5. The number of amides is 1. The summed E-state index contributed by atoms with van der Waals surface area (Å²) in [5, 5.41) is 2.44. The minimum Gasteiger partial charge on any atom is -0.341 e. The zero-order chi connectivity index (χ0) is 11.4. The Morgan fingerprint density at radius 2 is 1.73 bits per heavy atom. The summed E-state index contributed by atoms with van der Waals surface area (Å²) in [6.45, 7) is 3.07. The van der Waals surface area contributed by atoms with Crippen molar-refractivity contribution in [1.82, 2.24) is 5.32 Å². The molecule has 6 nitrogen and oxygen atoms in total. The van der Waals surface area contributed by atoms with E-state index in [1.807, 2.05) is 0 Å². The molecular formula is C7H18ClN2O4P. The maximum absolute atomic E-state index is 11.7. The van der Waals surface area contributed by atoms with Crippen LogP contribution in [0.3, 0.4) is 0 Å². The van der Waals surface area contributed by atoms with E-state index in [9.17, 15) is 9.36 Å². The number of halogens is 1. The summed E-state index contributed by atoms with van der Waals surface area (Å²) >= 11 is 0. The van der Waals surface area contributed by atoms with Gasteiger partial charge in [0, 0.05) is 14.2 Å². The summed E-state index contributed by atoms with van der Waals surface area (Å²) in [4.78, 5) is 11.2. The Balaban J connectivity index is 0. The lowest BCUT2D eigenvalue weighted by Crippen LogP contribution is -2.42. The molecule has 2 atom stereocenters. The molecule has 0 unspecified atom stereocenters. The molecule has 0 aromatic carbocycles. The fourth-order valence-electron chi connectivity index (χ4n) is 0.807. The second-order valence-electron chi connectivity index (χ2n) is 2.88. The van der Waals surface area contributed by atoms with Crippen molar-refractivity contribution in [2.75, 3.05) is 14.2 Å². The first-order chi connectivity index (χ1) is 6.37. The van der Waals surface area contributed by atoms with Gasteiger partial charge in [-0.3, -0.25) is 9.36 Å². The lowest BCUT2D eigenvalue weighted by Gasteiger charge is -2.22. The smallest absolute Gasteiger partial charge is 0.341 e. The van der Waals surface area contributed by atoms with Crippen molar-refractivity contribution in [1.29, 1.82) is 0 Å². The molecule has 0 aromatic rings. The van der Waals surface area contributed by atoms with Gasteiger partial charge in [0.05, 0.1) is 6.04 Å². The molecule has 0 saturated carbocycles. The van der Waals surface area contributed by atoms with Crippen LogP contribution in [-0.4, -0.2) is 32.0 Å². The van der Waals surface area contributed by atoms with Crippen LogP contribution in [0.5, 0.6) is 0 Å². The van der Waals surface area contributed by atoms with E-state index in [0.29, 0.717) is 0 Å². The molecular weight excluding hydrogens is 243 g/mol. The standard InChI is InChI=1S/C7H17N2O4P.ClH/c1-5(8)7(10)9-6(2)14(11,12-3)13-4;/h5-6H,8H2,1-4H3,(H,9,10);1H/t5-,6+;/m0./s1. The highest BCUT2D eigenvalue weighted by molar-refractivity contribution is 7.54. The lowest BCUT2D eigenvalue weighted by atomic mass is 10.3. The molecule has 0 aliphatic carbocycles. The number of nitrogens with one attached hydrogen (secondary N) is 1. The summed E-state index contributed by atoms with van der Waals surface area (Å²) in [6, 6.07) is -0.653. The van der Waals surface area contributed by atoms with Crippen molar-refractivity contribution >= 4 is 25.9 Å². The maximum Gasteiger partial charge on any atom is 0.351 e. The van der Waals surface area contributed by atoms with E-state index >= 15 is 0 Å². The van der Waals surface area contributed by atoms with Crippen LogP contribution in [0.25, 0.3) is 0 Å². The fourth-order valence-corrected chi connectivity index (χ4v) is 1.87. The molecule has 0 radical (unpaired) electrons. The summed E-state index contributed by atoms with van der Waals surface area (Å²) in [5.41, 5.74) is 5.33. The van der Waals surface area contributed by atoms with Crippen molar-refractivity contribution in [2.45, 2.75) is 25.7 Å². The average Bonchev–Trinajstić information content (AvgIpc) is 2.16. The Bertz CT molecular complexity index is 241.